The number of benzene rings is 1. The van der Waals surface area contributed by atoms with Gasteiger partial charge in [0.15, 0.2) is 0 Å². The summed E-state index contributed by atoms with van der Waals surface area (Å²) in [5.74, 6) is -0.133. The predicted octanol–water partition coefficient (Wildman–Crippen LogP) is 2.79. The van der Waals surface area contributed by atoms with Gasteiger partial charge in [-0.3, -0.25) is 0 Å². The van der Waals surface area contributed by atoms with E-state index < -0.39 is 12.0 Å². The standard InChI is InChI=1S/C12H17F2NO2/c1-7(3-4-15)9-5-8(17-2)6-10(11(9)16)12(13)14/h5-7,12,16H,3-4,15H2,1-2H3. The van der Waals surface area contributed by atoms with Crippen molar-refractivity contribution in [3.8, 4) is 11.5 Å². The van der Waals surface area contributed by atoms with Crippen LogP contribution in [0.15, 0.2) is 12.1 Å². The van der Waals surface area contributed by atoms with E-state index in [-0.39, 0.29) is 11.7 Å². The van der Waals surface area contributed by atoms with Gasteiger partial charge in [0.2, 0.25) is 0 Å². The first-order valence-electron chi connectivity index (χ1n) is 5.40. The summed E-state index contributed by atoms with van der Waals surface area (Å²) in [6, 6.07) is 2.72. The second kappa shape index (κ2) is 5.82. The number of halogens is 2. The number of rotatable bonds is 5. The summed E-state index contributed by atoms with van der Waals surface area (Å²) in [4.78, 5) is 0. The number of methoxy groups -OCH3 is 1. The van der Waals surface area contributed by atoms with Crippen LogP contribution in [-0.4, -0.2) is 18.8 Å². The van der Waals surface area contributed by atoms with Gasteiger partial charge >= 0.3 is 0 Å². The molecule has 0 aliphatic heterocycles. The van der Waals surface area contributed by atoms with E-state index in [1.165, 1.54) is 7.11 Å². The Kier molecular flexibility index (Phi) is 4.69. The van der Waals surface area contributed by atoms with Crippen LogP contribution in [-0.2, 0) is 0 Å². The summed E-state index contributed by atoms with van der Waals surface area (Å²) in [6.45, 7) is 2.26. The molecule has 1 rings (SSSR count). The van der Waals surface area contributed by atoms with E-state index in [0.717, 1.165) is 6.07 Å². The summed E-state index contributed by atoms with van der Waals surface area (Å²) in [7, 11) is 1.40. The minimum Gasteiger partial charge on any atom is -0.507 e. The summed E-state index contributed by atoms with van der Waals surface area (Å²) < 4.78 is 30.4. The van der Waals surface area contributed by atoms with E-state index in [9.17, 15) is 13.9 Å². The first-order valence-corrected chi connectivity index (χ1v) is 5.40. The molecule has 5 heteroatoms. The first-order chi connectivity index (χ1) is 8.01. The molecule has 0 spiro atoms. The van der Waals surface area contributed by atoms with Crippen LogP contribution in [0.3, 0.4) is 0 Å². The van der Waals surface area contributed by atoms with Crippen molar-refractivity contribution in [3.63, 3.8) is 0 Å². The molecule has 0 aliphatic rings. The topological polar surface area (TPSA) is 55.5 Å². The maximum atomic E-state index is 12.7. The quantitative estimate of drug-likeness (QED) is 0.838. The smallest absolute Gasteiger partial charge is 0.267 e. The molecule has 0 saturated carbocycles. The number of phenols is 1. The van der Waals surface area contributed by atoms with Gasteiger partial charge < -0.3 is 15.6 Å². The molecule has 0 radical (unpaired) electrons. The lowest BCUT2D eigenvalue weighted by atomic mass is 9.94. The second-order valence-electron chi connectivity index (χ2n) is 3.93. The van der Waals surface area contributed by atoms with Crippen molar-refractivity contribution in [1.82, 2.24) is 0 Å². The van der Waals surface area contributed by atoms with Crippen LogP contribution in [0.1, 0.15) is 36.8 Å². The molecular formula is C12H17F2NO2. The highest BCUT2D eigenvalue weighted by atomic mass is 19.3. The lowest BCUT2D eigenvalue weighted by molar-refractivity contribution is 0.146. The largest absolute Gasteiger partial charge is 0.507 e. The molecule has 0 amide bonds. The Bertz CT molecular complexity index is 383. The lowest BCUT2D eigenvalue weighted by Gasteiger charge is -2.16. The average molecular weight is 245 g/mol. The molecule has 0 saturated heterocycles. The van der Waals surface area contributed by atoms with Crippen molar-refractivity contribution in [2.45, 2.75) is 25.7 Å². The van der Waals surface area contributed by atoms with Crippen LogP contribution < -0.4 is 10.5 Å². The zero-order valence-electron chi connectivity index (χ0n) is 9.91. The Balaban J connectivity index is 3.23. The number of ether oxygens (including phenoxy) is 1. The molecule has 0 fully saturated rings. The van der Waals surface area contributed by atoms with Crippen LogP contribution in [0.5, 0.6) is 11.5 Å². The van der Waals surface area contributed by atoms with Crippen molar-refractivity contribution < 1.29 is 18.6 Å². The van der Waals surface area contributed by atoms with Gasteiger partial charge in [-0.15, -0.1) is 0 Å². The SMILES string of the molecule is COc1cc(C(F)F)c(O)c(C(C)CCN)c1. The highest BCUT2D eigenvalue weighted by molar-refractivity contribution is 5.48. The molecule has 3 nitrogen and oxygen atoms in total. The molecule has 1 atom stereocenters. The third kappa shape index (κ3) is 3.06. The number of hydrogen-bond donors (Lipinski definition) is 2. The van der Waals surface area contributed by atoms with Crippen LogP contribution in [0.25, 0.3) is 0 Å². The molecule has 17 heavy (non-hydrogen) atoms. The van der Waals surface area contributed by atoms with E-state index in [4.69, 9.17) is 10.5 Å². The fourth-order valence-corrected chi connectivity index (χ4v) is 1.72. The summed E-state index contributed by atoms with van der Waals surface area (Å²) in [5.41, 5.74) is 5.47. The van der Waals surface area contributed by atoms with Gasteiger partial charge in [-0.25, -0.2) is 8.78 Å². The molecular weight excluding hydrogens is 228 g/mol. The Labute approximate surface area is 99.2 Å². The number of phenolic OH excluding ortho intramolecular Hbond substituents is 1. The van der Waals surface area contributed by atoms with Gasteiger partial charge in [-0.2, -0.15) is 0 Å². The molecule has 3 N–H and O–H groups in total. The second-order valence-corrected chi connectivity index (χ2v) is 3.93. The lowest BCUT2D eigenvalue weighted by Crippen LogP contribution is -2.06. The number of nitrogens with two attached hydrogens (primary N) is 1. The normalized spacial score (nSPS) is 12.8. The minimum absolute atomic E-state index is 0.0902. The highest BCUT2D eigenvalue weighted by Gasteiger charge is 2.20. The molecule has 0 aliphatic carbocycles. The third-order valence-electron chi connectivity index (χ3n) is 2.74. The van der Waals surface area contributed by atoms with Crippen molar-refractivity contribution in [3.05, 3.63) is 23.3 Å². The van der Waals surface area contributed by atoms with Gasteiger partial charge in [0.1, 0.15) is 11.5 Å². The Morgan fingerprint density at radius 2 is 1.94 bits per heavy atom. The Morgan fingerprint density at radius 3 is 2.41 bits per heavy atom. The van der Waals surface area contributed by atoms with Crippen molar-refractivity contribution in [1.29, 1.82) is 0 Å². The zero-order valence-corrected chi connectivity index (χ0v) is 9.91. The Morgan fingerprint density at radius 1 is 1.35 bits per heavy atom. The van der Waals surface area contributed by atoms with E-state index >= 15 is 0 Å². The molecule has 0 bridgehead atoms. The summed E-state index contributed by atoms with van der Waals surface area (Å²) >= 11 is 0. The van der Waals surface area contributed by atoms with Crippen molar-refractivity contribution in [2.75, 3.05) is 13.7 Å². The molecule has 0 aromatic heterocycles. The molecule has 1 unspecified atom stereocenters. The van der Waals surface area contributed by atoms with Crippen LogP contribution in [0, 0.1) is 0 Å². The number of alkyl halides is 2. The molecule has 0 heterocycles. The van der Waals surface area contributed by atoms with Crippen LogP contribution in [0.2, 0.25) is 0 Å². The average Bonchev–Trinajstić information content (AvgIpc) is 2.29. The highest BCUT2D eigenvalue weighted by Crippen LogP contribution is 2.39. The summed E-state index contributed by atoms with van der Waals surface area (Å²) in [5, 5.41) is 9.80. The van der Waals surface area contributed by atoms with E-state index in [2.05, 4.69) is 0 Å². The fourth-order valence-electron chi connectivity index (χ4n) is 1.72. The first kappa shape index (κ1) is 13.7. The molecule has 1 aromatic carbocycles. The van der Waals surface area contributed by atoms with Crippen LogP contribution in [0.4, 0.5) is 8.78 Å². The van der Waals surface area contributed by atoms with Gasteiger partial charge in [-0.1, -0.05) is 6.92 Å². The van der Waals surface area contributed by atoms with E-state index in [1.54, 1.807) is 6.07 Å². The fraction of sp³-hybridized carbons (Fsp3) is 0.500. The summed E-state index contributed by atoms with van der Waals surface area (Å²) in [6.07, 6.45) is -2.11. The van der Waals surface area contributed by atoms with Crippen LogP contribution >= 0.6 is 0 Å². The zero-order chi connectivity index (χ0) is 13.0. The van der Waals surface area contributed by atoms with Gasteiger partial charge in [-0.05, 0) is 31.0 Å². The Hall–Kier alpha value is -1.36. The van der Waals surface area contributed by atoms with Crippen molar-refractivity contribution in [2.24, 2.45) is 5.73 Å². The van der Waals surface area contributed by atoms with Gasteiger partial charge in [0.25, 0.3) is 6.43 Å². The van der Waals surface area contributed by atoms with E-state index in [0.29, 0.717) is 24.3 Å². The van der Waals surface area contributed by atoms with Gasteiger partial charge in [0.05, 0.1) is 12.7 Å². The minimum atomic E-state index is -2.73. The molecule has 1 aromatic rings. The predicted molar refractivity (Wildman–Crippen MR) is 61.7 cm³/mol. The maximum Gasteiger partial charge on any atom is 0.267 e. The van der Waals surface area contributed by atoms with Crippen molar-refractivity contribution >= 4 is 0 Å². The molecule has 96 valence electrons. The van der Waals surface area contributed by atoms with E-state index in [1.807, 2.05) is 6.92 Å². The van der Waals surface area contributed by atoms with Gasteiger partial charge in [0, 0.05) is 5.56 Å². The number of aromatic hydroxyl groups is 1. The third-order valence-corrected chi connectivity index (χ3v) is 2.74. The maximum absolute atomic E-state index is 12.7. The number of hydrogen-bond acceptors (Lipinski definition) is 3. The monoisotopic (exact) mass is 245 g/mol.